The van der Waals surface area contributed by atoms with Crippen molar-refractivity contribution in [1.29, 1.82) is 0 Å². The Balaban J connectivity index is 0. The number of fused-ring (bicyclic) bond motifs is 1. The first-order chi connectivity index (χ1) is 13.0. The molecule has 162 valence electrons. The quantitative estimate of drug-likeness (QED) is 0.388. The second-order valence-corrected chi connectivity index (χ2v) is 7.72. The molecule has 0 aromatic heterocycles. The van der Waals surface area contributed by atoms with Crippen molar-refractivity contribution < 1.29 is 14.3 Å². The van der Waals surface area contributed by atoms with Gasteiger partial charge in [-0.2, -0.15) is 0 Å². The molecule has 0 N–H and O–H groups in total. The zero-order chi connectivity index (χ0) is 22.0. The maximum absolute atomic E-state index is 11.7. The average molecular weight is 401 g/mol. The molecule has 0 saturated heterocycles. The van der Waals surface area contributed by atoms with E-state index in [4.69, 9.17) is 4.74 Å². The standard InChI is InChI=1S/C13H22O3.C10H8.C2H6.CH4/c1-9(2)11(15)8-12(4,5)13(6,7)16-10(3)14;1-2-6-10-8-4-3-7-9(10)5-1;1-2;/h1,8H2,2-7H3;1-8H;1-2H3;1H4. The third-order valence-corrected chi connectivity index (χ3v) is 4.77. The van der Waals surface area contributed by atoms with Gasteiger partial charge in [-0.3, -0.25) is 9.59 Å². The Bertz CT molecular complexity index is 720. The first kappa shape index (κ1) is 28.8. The first-order valence-electron chi connectivity index (χ1n) is 9.78. The van der Waals surface area contributed by atoms with E-state index >= 15 is 0 Å². The highest BCUT2D eigenvalue weighted by molar-refractivity contribution is 5.94. The molecule has 0 amide bonds. The lowest BCUT2D eigenvalue weighted by Crippen LogP contribution is -2.44. The molecule has 29 heavy (non-hydrogen) atoms. The monoisotopic (exact) mass is 400 g/mol. The highest BCUT2D eigenvalue weighted by atomic mass is 16.6. The predicted octanol–water partition coefficient (Wildman–Crippen LogP) is 7.39. The number of carbonyl (C=O) groups excluding carboxylic acids is 2. The molecule has 0 atom stereocenters. The topological polar surface area (TPSA) is 43.4 Å². The Labute approximate surface area is 178 Å². The summed E-state index contributed by atoms with van der Waals surface area (Å²) in [5.74, 6) is -0.328. The summed E-state index contributed by atoms with van der Waals surface area (Å²) < 4.78 is 5.26. The van der Waals surface area contributed by atoms with Crippen molar-refractivity contribution in [3.05, 3.63) is 60.7 Å². The molecule has 0 radical (unpaired) electrons. The number of ether oxygens (including phenoxy) is 1. The number of hydrogen-bond donors (Lipinski definition) is 0. The van der Waals surface area contributed by atoms with Crippen LogP contribution in [0.25, 0.3) is 10.8 Å². The van der Waals surface area contributed by atoms with Gasteiger partial charge in [-0.25, -0.2) is 0 Å². The van der Waals surface area contributed by atoms with Gasteiger partial charge in [0.25, 0.3) is 0 Å². The lowest BCUT2D eigenvalue weighted by atomic mass is 9.73. The Morgan fingerprint density at radius 3 is 1.48 bits per heavy atom. The number of hydrogen-bond acceptors (Lipinski definition) is 3. The van der Waals surface area contributed by atoms with Crippen LogP contribution < -0.4 is 0 Å². The normalized spacial score (nSPS) is 10.3. The zero-order valence-electron chi connectivity index (χ0n) is 18.8. The van der Waals surface area contributed by atoms with Crippen LogP contribution in [0, 0.1) is 5.41 Å². The van der Waals surface area contributed by atoms with E-state index in [0.29, 0.717) is 12.0 Å². The molecule has 0 unspecified atom stereocenters. The van der Waals surface area contributed by atoms with Gasteiger partial charge in [0.1, 0.15) is 5.60 Å². The molecule has 0 spiro atoms. The van der Waals surface area contributed by atoms with Gasteiger partial charge in [-0.1, -0.05) is 90.2 Å². The van der Waals surface area contributed by atoms with E-state index in [1.165, 1.54) is 17.7 Å². The van der Waals surface area contributed by atoms with Crippen molar-refractivity contribution in [3.8, 4) is 0 Å². The van der Waals surface area contributed by atoms with Crippen LogP contribution in [0.15, 0.2) is 60.7 Å². The Morgan fingerprint density at radius 1 is 0.862 bits per heavy atom. The lowest BCUT2D eigenvalue weighted by molar-refractivity contribution is -0.167. The summed E-state index contributed by atoms with van der Waals surface area (Å²) in [6.07, 6.45) is 0.322. The summed E-state index contributed by atoms with van der Waals surface area (Å²) in [5.41, 5.74) is -0.565. The van der Waals surface area contributed by atoms with Crippen LogP contribution in [0.2, 0.25) is 0 Å². The fourth-order valence-electron chi connectivity index (χ4n) is 2.40. The zero-order valence-corrected chi connectivity index (χ0v) is 18.8. The number of Topliss-reactive ketones (excluding diaryl/α,β-unsaturated/α-hetero) is 1. The Kier molecular flexibility index (Phi) is 12.8. The summed E-state index contributed by atoms with van der Waals surface area (Å²) in [4.78, 5) is 22.7. The van der Waals surface area contributed by atoms with E-state index in [1.54, 1.807) is 6.92 Å². The molecule has 2 aromatic rings. The van der Waals surface area contributed by atoms with Crippen molar-refractivity contribution in [2.45, 2.75) is 74.8 Å². The number of benzene rings is 2. The van der Waals surface area contributed by atoms with Gasteiger partial charge >= 0.3 is 5.97 Å². The van der Waals surface area contributed by atoms with Crippen LogP contribution >= 0.6 is 0 Å². The number of rotatable bonds is 5. The fraction of sp³-hybridized carbons (Fsp3) is 0.462. The van der Waals surface area contributed by atoms with Crippen molar-refractivity contribution in [3.63, 3.8) is 0 Å². The van der Waals surface area contributed by atoms with Crippen molar-refractivity contribution in [2.75, 3.05) is 0 Å². The molecule has 0 aliphatic carbocycles. The highest BCUT2D eigenvalue weighted by Crippen LogP contribution is 2.37. The van der Waals surface area contributed by atoms with E-state index in [-0.39, 0.29) is 19.2 Å². The van der Waals surface area contributed by atoms with Crippen LogP contribution in [0.3, 0.4) is 0 Å². The summed E-state index contributed by atoms with van der Waals surface area (Å²) in [7, 11) is 0. The van der Waals surface area contributed by atoms with Crippen molar-refractivity contribution in [2.24, 2.45) is 5.41 Å². The maximum Gasteiger partial charge on any atom is 0.303 e. The van der Waals surface area contributed by atoms with Crippen LogP contribution in [-0.4, -0.2) is 17.4 Å². The van der Waals surface area contributed by atoms with Gasteiger partial charge < -0.3 is 4.74 Å². The molecule has 2 rings (SSSR count). The second kappa shape index (κ2) is 12.9. The highest BCUT2D eigenvalue weighted by Gasteiger charge is 2.41. The number of ketones is 1. The first-order valence-corrected chi connectivity index (χ1v) is 9.78. The smallest absolute Gasteiger partial charge is 0.303 e. The van der Waals surface area contributed by atoms with E-state index in [0.717, 1.165) is 0 Å². The molecule has 3 heteroatoms. The Hall–Kier alpha value is -2.42. The molecule has 0 aliphatic heterocycles. The van der Waals surface area contributed by atoms with Crippen LogP contribution in [0.1, 0.15) is 69.2 Å². The molecule has 0 saturated carbocycles. The molecule has 2 aromatic carbocycles. The van der Waals surface area contributed by atoms with Gasteiger partial charge in [0.2, 0.25) is 0 Å². The van der Waals surface area contributed by atoms with Gasteiger partial charge in [-0.15, -0.1) is 0 Å². The van der Waals surface area contributed by atoms with E-state index < -0.39 is 11.0 Å². The number of carbonyl (C=O) groups is 2. The van der Waals surface area contributed by atoms with Gasteiger partial charge in [0.05, 0.1) is 0 Å². The summed E-state index contributed by atoms with van der Waals surface area (Å²) >= 11 is 0. The lowest BCUT2D eigenvalue weighted by Gasteiger charge is -2.40. The third kappa shape index (κ3) is 9.56. The molecule has 0 aliphatic rings. The summed E-state index contributed by atoms with van der Waals surface area (Å²) in [6.45, 7) is 18.2. The van der Waals surface area contributed by atoms with Crippen LogP contribution in [0.4, 0.5) is 0 Å². The maximum atomic E-state index is 11.7. The van der Waals surface area contributed by atoms with Gasteiger partial charge in [-0.05, 0) is 37.1 Å². The third-order valence-electron chi connectivity index (χ3n) is 4.77. The largest absolute Gasteiger partial charge is 0.459 e. The van der Waals surface area contributed by atoms with E-state index in [2.05, 4.69) is 55.1 Å². The molecule has 0 heterocycles. The molecule has 0 bridgehead atoms. The molecular weight excluding hydrogens is 360 g/mol. The van der Waals surface area contributed by atoms with Gasteiger partial charge in [0.15, 0.2) is 5.78 Å². The van der Waals surface area contributed by atoms with Crippen LogP contribution in [-0.2, 0) is 14.3 Å². The molecule has 3 nitrogen and oxygen atoms in total. The average Bonchev–Trinajstić information content (AvgIpc) is 2.62. The Morgan fingerprint density at radius 2 is 1.21 bits per heavy atom. The van der Waals surface area contributed by atoms with Crippen molar-refractivity contribution in [1.82, 2.24) is 0 Å². The fourth-order valence-corrected chi connectivity index (χ4v) is 2.40. The summed E-state index contributed by atoms with van der Waals surface area (Å²) in [5, 5.41) is 2.62. The minimum atomic E-state index is -0.677. The number of esters is 1. The van der Waals surface area contributed by atoms with E-state index in [9.17, 15) is 9.59 Å². The SMILES string of the molecule is C.C=C(C)C(=O)CC(C)(C)C(C)(C)OC(C)=O.CC.c1ccc2ccccc2c1. The number of allylic oxidation sites excluding steroid dienone is 1. The van der Waals surface area contributed by atoms with Crippen LogP contribution in [0.5, 0.6) is 0 Å². The molecule has 0 fully saturated rings. The van der Waals surface area contributed by atoms with E-state index in [1.807, 2.05) is 41.5 Å². The predicted molar refractivity (Wildman–Crippen MR) is 126 cm³/mol. The minimum Gasteiger partial charge on any atom is -0.459 e. The second-order valence-electron chi connectivity index (χ2n) is 7.72. The van der Waals surface area contributed by atoms with Gasteiger partial charge in [0, 0.05) is 18.8 Å². The molecular formula is C26H40O3. The summed E-state index contributed by atoms with van der Waals surface area (Å²) in [6, 6.07) is 16.7. The minimum absolute atomic E-state index is 0. The van der Waals surface area contributed by atoms with Crippen molar-refractivity contribution >= 4 is 22.5 Å².